The third kappa shape index (κ3) is 3.14. The SMILES string of the molecule is Cn1ncc(CS(=O)(=O)C2CCCOC2)c1C(F)(F)F. The molecular weight excluding hydrogens is 297 g/mol. The maximum Gasteiger partial charge on any atom is 0.433 e. The molecule has 0 saturated carbocycles. The molecule has 1 aromatic heterocycles. The molecule has 0 amide bonds. The second-order valence-corrected chi connectivity index (χ2v) is 7.07. The van der Waals surface area contributed by atoms with Gasteiger partial charge in [-0.2, -0.15) is 18.3 Å². The number of aryl methyl sites for hydroxylation is 1. The number of rotatable bonds is 3. The summed E-state index contributed by atoms with van der Waals surface area (Å²) >= 11 is 0. The van der Waals surface area contributed by atoms with Crippen LogP contribution in [0.2, 0.25) is 0 Å². The molecule has 1 aliphatic heterocycles. The minimum absolute atomic E-state index is 0.0456. The topological polar surface area (TPSA) is 61.2 Å². The van der Waals surface area contributed by atoms with E-state index in [-0.39, 0.29) is 12.2 Å². The Morgan fingerprint density at radius 1 is 1.50 bits per heavy atom. The summed E-state index contributed by atoms with van der Waals surface area (Å²) in [5.41, 5.74) is -1.33. The fourth-order valence-corrected chi connectivity index (χ4v) is 3.99. The van der Waals surface area contributed by atoms with E-state index in [2.05, 4.69) is 5.10 Å². The second-order valence-electron chi connectivity index (χ2n) is 4.79. The molecule has 0 spiro atoms. The summed E-state index contributed by atoms with van der Waals surface area (Å²) in [4.78, 5) is 0. The predicted octanol–water partition coefficient (Wildman–Crippen LogP) is 1.53. The fourth-order valence-electron chi connectivity index (χ4n) is 2.28. The highest BCUT2D eigenvalue weighted by atomic mass is 32.2. The highest BCUT2D eigenvalue weighted by Gasteiger charge is 2.39. The van der Waals surface area contributed by atoms with Gasteiger partial charge in [0.2, 0.25) is 0 Å². The molecule has 2 heterocycles. The van der Waals surface area contributed by atoms with E-state index in [4.69, 9.17) is 4.74 Å². The van der Waals surface area contributed by atoms with Crippen molar-refractivity contribution in [2.24, 2.45) is 7.05 Å². The summed E-state index contributed by atoms with van der Waals surface area (Å²) in [7, 11) is -2.54. The van der Waals surface area contributed by atoms with E-state index >= 15 is 0 Å². The lowest BCUT2D eigenvalue weighted by Gasteiger charge is -2.22. The Balaban J connectivity index is 2.26. The predicted molar refractivity (Wildman–Crippen MR) is 64.7 cm³/mol. The van der Waals surface area contributed by atoms with Gasteiger partial charge in [-0.15, -0.1) is 0 Å². The molecule has 1 unspecified atom stereocenters. The lowest BCUT2D eigenvalue weighted by Crippen LogP contribution is -2.32. The smallest absolute Gasteiger partial charge is 0.380 e. The maximum atomic E-state index is 12.9. The van der Waals surface area contributed by atoms with Crippen LogP contribution in [0.15, 0.2) is 6.20 Å². The summed E-state index contributed by atoms with van der Waals surface area (Å²) in [5.74, 6) is -0.663. The van der Waals surface area contributed by atoms with E-state index in [1.807, 2.05) is 0 Å². The van der Waals surface area contributed by atoms with Crippen LogP contribution in [0.1, 0.15) is 24.1 Å². The fraction of sp³-hybridized carbons (Fsp3) is 0.727. The van der Waals surface area contributed by atoms with E-state index in [0.29, 0.717) is 24.1 Å². The monoisotopic (exact) mass is 312 g/mol. The van der Waals surface area contributed by atoms with Gasteiger partial charge < -0.3 is 4.74 Å². The van der Waals surface area contributed by atoms with E-state index in [1.165, 1.54) is 0 Å². The summed E-state index contributed by atoms with van der Waals surface area (Å²) in [6.45, 7) is 0.538. The quantitative estimate of drug-likeness (QED) is 0.849. The largest absolute Gasteiger partial charge is 0.433 e. The standard InChI is InChI=1S/C11H15F3N2O3S/c1-16-10(11(12,13)14)8(5-15-16)7-20(17,18)9-3-2-4-19-6-9/h5,9H,2-4,6-7H2,1H3. The first-order valence-corrected chi connectivity index (χ1v) is 7.81. The molecule has 1 aliphatic rings. The molecule has 1 fully saturated rings. The number of halogens is 3. The number of alkyl halides is 3. The molecule has 114 valence electrons. The first-order valence-electron chi connectivity index (χ1n) is 6.09. The molecule has 0 aromatic carbocycles. The van der Waals surface area contributed by atoms with Crippen molar-refractivity contribution in [2.75, 3.05) is 13.2 Å². The van der Waals surface area contributed by atoms with Gasteiger partial charge in [0, 0.05) is 19.2 Å². The van der Waals surface area contributed by atoms with E-state index in [9.17, 15) is 21.6 Å². The molecule has 1 saturated heterocycles. The molecule has 1 aromatic rings. The second kappa shape index (κ2) is 5.36. The molecule has 20 heavy (non-hydrogen) atoms. The van der Waals surface area contributed by atoms with E-state index in [1.54, 1.807) is 0 Å². The minimum atomic E-state index is -4.63. The molecule has 5 nitrogen and oxygen atoms in total. The van der Waals surface area contributed by atoms with Crippen molar-refractivity contribution in [3.8, 4) is 0 Å². The maximum absolute atomic E-state index is 12.9. The van der Waals surface area contributed by atoms with Gasteiger partial charge in [0.1, 0.15) is 5.69 Å². The molecule has 2 rings (SSSR count). The van der Waals surface area contributed by atoms with Crippen molar-refractivity contribution in [1.29, 1.82) is 0 Å². The highest BCUT2D eigenvalue weighted by Crippen LogP contribution is 2.33. The molecule has 0 radical (unpaired) electrons. The van der Waals surface area contributed by atoms with Gasteiger partial charge in [0.25, 0.3) is 0 Å². The number of hydrogen-bond acceptors (Lipinski definition) is 4. The lowest BCUT2D eigenvalue weighted by atomic mass is 10.2. The van der Waals surface area contributed by atoms with Crippen LogP contribution in [-0.4, -0.2) is 36.7 Å². The number of sulfone groups is 1. The van der Waals surface area contributed by atoms with Crippen molar-refractivity contribution in [3.63, 3.8) is 0 Å². The number of ether oxygens (including phenoxy) is 1. The zero-order valence-electron chi connectivity index (χ0n) is 10.9. The average molecular weight is 312 g/mol. The van der Waals surface area contributed by atoms with Gasteiger partial charge in [-0.3, -0.25) is 4.68 Å². The Hall–Kier alpha value is -1.09. The van der Waals surface area contributed by atoms with Crippen molar-refractivity contribution in [2.45, 2.75) is 30.0 Å². The first-order chi connectivity index (χ1) is 9.22. The van der Waals surface area contributed by atoms with Gasteiger partial charge in [-0.25, -0.2) is 8.42 Å². The van der Waals surface area contributed by atoms with Crippen LogP contribution in [0.5, 0.6) is 0 Å². The van der Waals surface area contributed by atoms with Crippen molar-refractivity contribution >= 4 is 9.84 Å². The van der Waals surface area contributed by atoms with Crippen LogP contribution in [0.25, 0.3) is 0 Å². The third-order valence-corrected chi connectivity index (χ3v) is 5.37. The van der Waals surface area contributed by atoms with Crippen LogP contribution in [0.3, 0.4) is 0 Å². The van der Waals surface area contributed by atoms with Crippen LogP contribution in [-0.2, 0) is 33.6 Å². The molecule has 9 heteroatoms. The average Bonchev–Trinajstić information content (AvgIpc) is 2.70. The van der Waals surface area contributed by atoms with Crippen LogP contribution >= 0.6 is 0 Å². The zero-order valence-corrected chi connectivity index (χ0v) is 11.7. The van der Waals surface area contributed by atoms with Gasteiger partial charge >= 0.3 is 6.18 Å². The molecule has 0 N–H and O–H groups in total. The Labute approximate surface area is 114 Å². The van der Waals surface area contributed by atoms with E-state index in [0.717, 1.165) is 13.2 Å². The van der Waals surface area contributed by atoms with Crippen molar-refractivity contribution in [3.05, 3.63) is 17.5 Å². The molecular formula is C11H15F3N2O3S. The molecule has 1 atom stereocenters. The Morgan fingerprint density at radius 3 is 2.75 bits per heavy atom. The Kier molecular flexibility index (Phi) is 4.10. The number of hydrogen-bond donors (Lipinski definition) is 0. The van der Waals surface area contributed by atoms with Crippen LogP contribution < -0.4 is 0 Å². The van der Waals surface area contributed by atoms with Gasteiger partial charge in [-0.05, 0) is 12.8 Å². The third-order valence-electron chi connectivity index (χ3n) is 3.27. The van der Waals surface area contributed by atoms with Crippen LogP contribution in [0.4, 0.5) is 13.2 Å². The number of nitrogens with zero attached hydrogens (tertiary/aromatic N) is 2. The van der Waals surface area contributed by atoms with Crippen molar-refractivity contribution in [1.82, 2.24) is 9.78 Å². The Bertz CT molecular complexity index is 574. The van der Waals surface area contributed by atoms with Gasteiger partial charge in [-0.1, -0.05) is 0 Å². The van der Waals surface area contributed by atoms with Gasteiger partial charge in [0.05, 0.1) is 23.8 Å². The highest BCUT2D eigenvalue weighted by molar-refractivity contribution is 7.91. The molecule has 0 aliphatic carbocycles. The minimum Gasteiger partial charge on any atom is -0.380 e. The normalized spacial score (nSPS) is 21.1. The summed E-state index contributed by atoms with van der Waals surface area (Å²) in [5, 5.41) is 2.77. The van der Waals surface area contributed by atoms with Gasteiger partial charge in [0.15, 0.2) is 9.84 Å². The van der Waals surface area contributed by atoms with Crippen LogP contribution in [0, 0.1) is 0 Å². The summed E-state index contributed by atoms with van der Waals surface area (Å²) in [6, 6.07) is 0. The zero-order chi connectivity index (χ0) is 15.0. The van der Waals surface area contributed by atoms with Crippen molar-refractivity contribution < 1.29 is 26.3 Å². The number of aromatic nitrogens is 2. The Morgan fingerprint density at radius 2 is 2.20 bits per heavy atom. The summed E-state index contributed by atoms with van der Waals surface area (Å²) < 4.78 is 68.7. The summed E-state index contributed by atoms with van der Waals surface area (Å²) in [6.07, 6.45) is -2.64. The first kappa shape index (κ1) is 15.3. The molecule has 0 bridgehead atoms. The van der Waals surface area contributed by atoms with E-state index < -0.39 is 32.7 Å². The lowest BCUT2D eigenvalue weighted by molar-refractivity contribution is -0.144.